The summed E-state index contributed by atoms with van der Waals surface area (Å²) in [5.41, 5.74) is 0. The minimum absolute atomic E-state index is 0.229. The van der Waals surface area contributed by atoms with Crippen LogP contribution >= 0.6 is 0 Å². The van der Waals surface area contributed by atoms with Crippen LogP contribution < -0.4 is 9.47 Å². The number of para-hydroxylation sites is 2. The van der Waals surface area contributed by atoms with Crippen molar-refractivity contribution in [1.29, 1.82) is 0 Å². The van der Waals surface area contributed by atoms with Gasteiger partial charge in [0, 0.05) is 0 Å². The highest BCUT2D eigenvalue weighted by atomic mass is 16.6. The number of aliphatic carboxylic acids is 2. The van der Waals surface area contributed by atoms with Gasteiger partial charge in [0.25, 0.3) is 0 Å². The van der Waals surface area contributed by atoms with Gasteiger partial charge in [0.05, 0.1) is 0 Å². The lowest BCUT2D eigenvalue weighted by atomic mass is 10.1. The first kappa shape index (κ1) is 10.3. The number of hydrogen-bond acceptors (Lipinski definition) is 4. The van der Waals surface area contributed by atoms with Gasteiger partial charge >= 0.3 is 11.9 Å². The number of carboxylic acid groups (broad SMARTS) is 2. The molecule has 6 nitrogen and oxygen atoms in total. The molecule has 0 aliphatic carbocycles. The van der Waals surface area contributed by atoms with Crippen LogP contribution in [-0.4, -0.2) is 34.4 Å². The molecule has 0 fully saturated rings. The fourth-order valence-electron chi connectivity index (χ4n) is 1.40. The van der Waals surface area contributed by atoms with E-state index in [0.717, 1.165) is 0 Å². The molecule has 2 rings (SSSR count). The van der Waals surface area contributed by atoms with Crippen LogP contribution in [0.4, 0.5) is 0 Å². The van der Waals surface area contributed by atoms with E-state index in [1.165, 1.54) is 12.1 Å². The first-order valence-corrected chi connectivity index (χ1v) is 4.47. The SMILES string of the molecule is O=C(O)[C@H]1Oc2ccccc2O[C@@H]1C(=O)O. The van der Waals surface area contributed by atoms with E-state index in [2.05, 4.69) is 0 Å². The molecule has 0 unspecified atom stereocenters. The van der Waals surface area contributed by atoms with E-state index in [0.29, 0.717) is 0 Å². The van der Waals surface area contributed by atoms with Gasteiger partial charge in [-0.15, -0.1) is 0 Å². The molecule has 1 aromatic carbocycles. The molecule has 1 aliphatic heterocycles. The van der Waals surface area contributed by atoms with Crippen LogP contribution in [0.5, 0.6) is 11.5 Å². The minimum Gasteiger partial charge on any atom is -0.478 e. The van der Waals surface area contributed by atoms with E-state index in [1.807, 2.05) is 0 Å². The number of hydrogen-bond donors (Lipinski definition) is 2. The summed E-state index contributed by atoms with van der Waals surface area (Å²) in [5.74, 6) is -2.29. The number of benzene rings is 1. The summed E-state index contributed by atoms with van der Waals surface area (Å²) in [4.78, 5) is 21.6. The summed E-state index contributed by atoms with van der Waals surface area (Å²) in [7, 11) is 0. The molecule has 0 radical (unpaired) electrons. The Morgan fingerprint density at radius 2 is 1.31 bits per heavy atom. The molecule has 1 heterocycles. The molecule has 0 spiro atoms. The zero-order valence-electron chi connectivity index (χ0n) is 7.99. The first-order valence-electron chi connectivity index (χ1n) is 4.47. The zero-order chi connectivity index (χ0) is 11.7. The van der Waals surface area contributed by atoms with Gasteiger partial charge in [0.2, 0.25) is 12.2 Å². The molecule has 1 aliphatic rings. The van der Waals surface area contributed by atoms with Crippen LogP contribution in [0.2, 0.25) is 0 Å². The Morgan fingerprint density at radius 1 is 0.938 bits per heavy atom. The van der Waals surface area contributed by atoms with Crippen molar-refractivity contribution in [3.8, 4) is 11.5 Å². The predicted octanol–water partition coefficient (Wildman–Crippen LogP) is 0.364. The smallest absolute Gasteiger partial charge is 0.349 e. The van der Waals surface area contributed by atoms with Crippen LogP contribution in [-0.2, 0) is 9.59 Å². The lowest BCUT2D eigenvalue weighted by Crippen LogP contribution is -2.49. The lowest BCUT2D eigenvalue weighted by molar-refractivity contribution is -0.164. The standard InChI is InChI=1S/C10H8O6/c11-9(12)7-8(10(13)14)16-6-4-2-1-3-5(6)15-7/h1-4,7-8H,(H,11,12)(H,13,14)/t7-,8-/m0/s1. The van der Waals surface area contributed by atoms with E-state index in [9.17, 15) is 9.59 Å². The molecule has 0 amide bonds. The van der Waals surface area contributed by atoms with Gasteiger partial charge in [-0.25, -0.2) is 9.59 Å². The topological polar surface area (TPSA) is 93.1 Å². The molecule has 0 saturated heterocycles. The molecule has 16 heavy (non-hydrogen) atoms. The van der Waals surface area contributed by atoms with Crippen LogP contribution in [0.3, 0.4) is 0 Å². The molecular formula is C10H8O6. The second-order valence-corrected chi connectivity index (χ2v) is 3.20. The summed E-state index contributed by atoms with van der Waals surface area (Å²) >= 11 is 0. The van der Waals surface area contributed by atoms with E-state index >= 15 is 0 Å². The molecule has 6 heteroatoms. The first-order chi connectivity index (χ1) is 7.59. The maximum absolute atomic E-state index is 10.8. The maximum atomic E-state index is 10.8. The number of carboxylic acids is 2. The average molecular weight is 224 g/mol. The van der Waals surface area contributed by atoms with Gasteiger partial charge in [-0.05, 0) is 12.1 Å². The van der Waals surface area contributed by atoms with Gasteiger partial charge in [-0.1, -0.05) is 12.1 Å². The fourth-order valence-corrected chi connectivity index (χ4v) is 1.40. The number of ether oxygens (including phenoxy) is 2. The molecule has 2 N–H and O–H groups in total. The van der Waals surface area contributed by atoms with Crippen LogP contribution in [0, 0.1) is 0 Å². The summed E-state index contributed by atoms with van der Waals surface area (Å²) in [5, 5.41) is 17.6. The van der Waals surface area contributed by atoms with Crippen molar-refractivity contribution in [1.82, 2.24) is 0 Å². The molecule has 2 atom stereocenters. The highest BCUT2D eigenvalue weighted by Crippen LogP contribution is 2.33. The van der Waals surface area contributed by atoms with Crippen molar-refractivity contribution in [3.63, 3.8) is 0 Å². The van der Waals surface area contributed by atoms with Gasteiger partial charge in [-0.3, -0.25) is 0 Å². The largest absolute Gasteiger partial charge is 0.478 e. The Balaban J connectivity index is 2.37. The van der Waals surface area contributed by atoms with E-state index in [4.69, 9.17) is 19.7 Å². The van der Waals surface area contributed by atoms with Crippen molar-refractivity contribution in [2.75, 3.05) is 0 Å². The number of carbonyl (C=O) groups is 2. The Labute approximate surface area is 90.0 Å². The second-order valence-electron chi connectivity index (χ2n) is 3.20. The van der Waals surface area contributed by atoms with Crippen LogP contribution in [0.15, 0.2) is 24.3 Å². The van der Waals surface area contributed by atoms with E-state index < -0.39 is 24.1 Å². The van der Waals surface area contributed by atoms with Crippen molar-refractivity contribution in [2.24, 2.45) is 0 Å². The van der Waals surface area contributed by atoms with Gasteiger partial charge in [-0.2, -0.15) is 0 Å². The predicted molar refractivity (Wildman–Crippen MR) is 50.5 cm³/mol. The Kier molecular flexibility index (Phi) is 2.40. The third-order valence-corrected chi connectivity index (χ3v) is 2.12. The van der Waals surface area contributed by atoms with Crippen molar-refractivity contribution in [3.05, 3.63) is 24.3 Å². The Bertz CT molecular complexity index is 400. The van der Waals surface area contributed by atoms with Crippen LogP contribution in [0.25, 0.3) is 0 Å². The average Bonchev–Trinajstić information content (AvgIpc) is 2.27. The molecule has 84 valence electrons. The van der Waals surface area contributed by atoms with Gasteiger partial charge in [0.15, 0.2) is 11.5 Å². The van der Waals surface area contributed by atoms with Crippen molar-refractivity contribution in [2.45, 2.75) is 12.2 Å². The van der Waals surface area contributed by atoms with Crippen molar-refractivity contribution >= 4 is 11.9 Å². The maximum Gasteiger partial charge on any atom is 0.349 e. The van der Waals surface area contributed by atoms with Gasteiger partial charge in [0.1, 0.15) is 0 Å². The fraction of sp³-hybridized carbons (Fsp3) is 0.200. The van der Waals surface area contributed by atoms with E-state index in [-0.39, 0.29) is 11.5 Å². The third kappa shape index (κ3) is 1.65. The quantitative estimate of drug-likeness (QED) is 0.753. The summed E-state index contributed by atoms with van der Waals surface area (Å²) in [6.45, 7) is 0. The Hall–Kier alpha value is -2.24. The number of fused-ring (bicyclic) bond motifs is 1. The summed E-state index contributed by atoms with van der Waals surface area (Å²) < 4.78 is 10.1. The summed E-state index contributed by atoms with van der Waals surface area (Å²) in [6.07, 6.45) is -3.07. The minimum atomic E-state index is -1.53. The van der Waals surface area contributed by atoms with Crippen molar-refractivity contribution < 1.29 is 29.3 Å². The normalized spacial score (nSPS) is 22.5. The lowest BCUT2D eigenvalue weighted by Gasteiger charge is -2.28. The molecule has 1 aromatic rings. The third-order valence-electron chi connectivity index (χ3n) is 2.12. The number of rotatable bonds is 2. The van der Waals surface area contributed by atoms with Gasteiger partial charge < -0.3 is 19.7 Å². The summed E-state index contributed by atoms with van der Waals surface area (Å²) in [6, 6.07) is 6.32. The highest BCUT2D eigenvalue weighted by Gasteiger charge is 2.41. The molecular weight excluding hydrogens is 216 g/mol. The van der Waals surface area contributed by atoms with E-state index in [1.54, 1.807) is 12.1 Å². The van der Waals surface area contributed by atoms with Crippen LogP contribution in [0.1, 0.15) is 0 Å². The molecule has 0 bridgehead atoms. The highest BCUT2D eigenvalue weighted by molar-refractivity contribution is 5.85. The monoisotopic (exact) mass is 224 g/mol. The molecule has 0 aromatic heterocycles. The second kappa shape index (κ2) is 3.73. The Morgan fingerprint density at radius 3 is 1.62 bits per heavy atom. The molecule has 0 saturated carbocycles. The zero-order valence-corrected chi connectivity index (χ0v) is 7.99.